The van der Waals surface area contributed by atoms with Crippen molar-refractivity contribution in [3.8, 4) is 0 Å². The van der Waals surface area contributed by atoms with Crippen molar-refractivity contribution in [3.63, 3.8) is 0 Å². The first-order valence-electron chi connectivity index (χ1n) is 10.3. The molecule has 1 aliphatic rings. The number of carbonyl (C=O) groups is 4. The van der Waals surface area contributed by atoms with Crippen molar-refractivity contribution in [2.75, 3.05) is 6.54 Å². The maximum absolute atomic E-state index is 13.0. The summed E-state index contributed by atoms with van der Waals surface area (Å²) in [6.07, 6.45) is 3.18. The van der Waals surface area contributed by atoms with Gasteiger partial charge in [0.15, 0.2) is 0 Å². The number of carboxylic acid groups (broad SMARTS) is 1. The van der Waals surface area contributed by atoms with Gasteiger partial charge in [0.2, 0.25) is 17.7 Å². The minimum atomic E-state index is -1.29. The molecular weight excluding hydrogens is 402 g/mol. The Morgan fingerprint density at radius 3 is 2.61 bits per heavy atom. The number of amides is 3. The molecule has 0 aliphatic carbocycles. The number of nitrogens with two attached hydrogens (primary N) is 1. The molecule has 166 valence electrons. The fraction of sp³-hybridized carbons (Fsp3) is 0.429. The van der Waals surface area contributed by atoms with Crippen molar-refractivity contribution in [1.29, 1.82) is 0 Å². The number of aliphatic carboxylic acids is 1. The summed E-state index contributed by atoms with van der Waals surface area (Å²) in [5.41, 5.74) is 6.81. The lowest BCUT2D eigenvalue weighted by atomic mass is 10.0. The number of rotatable bonds is 10. The van der Waals surface area contributed by atoms with E-state index < -0.39 is 29.9 Å². The Balaban J connectivity index is 1.78. The van der Waals surface area contributed by atoms with Gasteiger partial charge in [-0.15, -0.1) is 0 Å². The first kappa shape index (κ1) is 22.3. The van der Waals surface area contributed by atoms with Crippen LogP contribution in [0.1, 0.15) is 31.2 Å². The van der Waals surface area contributed by atoms with Gasteiger partial charge in [-0.1, -0.05) is 18.2 Å². The highest BCUT2D eigenvalue weighted by molar-refractivity contribution is 5.93. The number of fused-ring (bicyclic) bond motifs is 1. The van der Waals surface area contributed by atoms with Gasteiger partial charge in [-0.25, -0.2) is 4.79 Å². The highest BCUT2D eigenvalue weighted by Gasteiger charge is 2.30. The Morgan fingerprint density at radius 2 is 1.94 bits per heavy atom. The molecule has 0 saturated carbocycles. The Morgan fingerprint density at radius 1 is 1.16 bits per heavy atom. The number of para-hydroxylation sites is 1. The third-order valence-electron chi connectivity index (χ3n) is 5.40. The lowest BCUT2D eigenvalue weighted by molar-refractivity contribution is -0.142. The van der Waals surface area contributed by atoms with Crippen LogP contribution in [-0.4, -0.2) is 58.5 Å². The van der Waals surface area contributed by atoms with Crippen LogP contribution in [0.2, 0.25) is 0 Å². The van der Waals surface area contributed by atoms with E-state index in [0.29, 0.717) is 6.42 Å². The highest BCUT2D eigenvalue weighted by atomic mass is 16.4. The summed E-state index contributed by atoms with van der Waals surface area (Å²) in [5, 5.41) is 18.6. The Hall–Kier alpha value is -3.40. The van der Waals surface area contributed by atoms with Crippen LogP contribution in [0, 0.1) is 0 Å². The Kier molecular flexibility index (Phi) is 7.24. The summed E-state index contributed by atoms with van der Waals surface area (Å²) in [7, 11) is 0. The molecule has 3 rings (SSSR count). The zero-order chi connectivity index (χ0) is 22.4. The maximum atomic E-state index is 13.0. The average molecular weight is 429 g/mol. The van der Waals surface area contributed by atoms with Crippen LogP contribution in [0.3, 0.4) is 0 Å². The van der Waals surface area contributed by atoms with Crippen LogP contribution in [0.5, 0.6) is 0 Å². The number of benzene rings is 1. The van der Waals surface area contributed by atoms with Crippen LogP contribution >= 0.6 is 0 Å². The van der Waals surface area contributed by atoms with E-state index in [0.717, 1.165) is 29.4 Å². The standard InChI is InChI=1S/C21H27N5O5/c22-18(27)8-7-16(21(30)31)25-20(29)17(26-19(28)15-6-3-9-23-15)10-12-11-24-14-5-2-1-4-13(12)14/h1-2,4-5,11,15-17,23-24H,3,6-10H2,(H2,22,27)(H,25,29)(H,26,28)(H,30,31)/t15-,16-,17-/m0/s1. The number of aromatic nitrogens is 1. The van der Waals surface area contributed by atoms with E-state index >= 15 is 0 Å². The largest absolute Gasteiger partial charge is 0.480 e. The minimum absolute atomic E-state index is 0.131. The van der Waals surface area contributed by atoms with Crippen LogP contribution in [0.15, 0.2) is 30.5 Å². The fourth-order valence-electron chi connectivity index (χ4n) is 3.73. The second-order valence-corrected chi connectivity index (χ2v) is 7.68. The van der Waals surface area contributed by atoms with Gasteiger partial charge in [-0.05, 0) is 37.4 Å². The molecule has 10 nitrogen and oxygen atoms in total. The van der Waals surface area contributed by atoms with E-state index in [2.05, 4.69) is 20.9 Å². The zero-order valence-corrected chi connectivity index (χ0v) is 17.0. The third-order valence-corrected chi connectivity index (χ3v) is 5.40. The van der Waals surface area contributed by atoms with Gasteiger partial charge in [-0.2, -0.15) is 0 Å². The first-order valence-corrected chi connectivity index (χ1v) is 10.3. The lowest BCUT2D eigenvalue weighted by Gasteiger charge is -2.23. The van der Waals surface area contributed by atoms with E-state index in [-0.39, 0.29) is 31.2 Å². The SMILES string of the molecule is NC(=O)CC[C@H](NC(=O)[C@H](Cc1c[nH]c2ccccc12)NC(=O)[C@@H]1CCCN1)C(=O)O. The summed E-state index contributed by atoms with van der Waals surface area (Å²) in [6.45, 7) is 0.728. The molecule has 0 bridgehead atoms. The van der Waals surface area contributed by atoms with E-state index in [1.807, 2.05) is 24.3 Å². The van der Waals surface area contributed by atoms with Crippen molar-refractivity contribution in [2.45, 2.75) is 50.2 Å². The average Bonchev–Trinajstić information content (AvgIpc) is 3.40. The number of carbonyl (C=O) groups excluding carboxylic acids is 3. The topological polar surface area (TPSA) is 166 Å². The molecule has 2 heterocycles. The number of aromatic amines is 1. The molecule has 0 spiro atoms. The monoisotopic (exact) mass is 429 g/mol. The first-order chi connectivity index (χ1) is 14.8. The van der Waals surface area contributed by atoms with Gasteiger partial charge >= 0.3 is 5.97 Å². The zero-order valence-electron chi connectivity index (χ0n) is 17.0. The number of primary amides is 1. The molecule has 3 atom stereocenters. The van der Waals surface area contributed by atoms with Crippen LogP contribution in [0.4, 0.5) is 0 Å². The lowest BCUT2D eigenvalue weighted by Crippen LogP contribution is -2.55. The van der Waals surface area contributed by atoms with E-state index in [9.17, 15) is 24.3 Å². The molecular formula is C21H27N5O5. The van der Waals surface area contributed by atoms with Crippen molar-refractivity contribution in [2.24, 2.45) is 5.73 Å². The fourth-order valence-corrected chi connectivity index (χ4v) is 3.73. The van der Waals surface area contributed by atoms with E-state index in [1.165, 1.54) is 0 Å². The smallest absolute Gasteiger partial charge is 0.326 e. The van der Waals surface area contributed by atoms with Crippen LogP contribution < -0.4 is 21.7 Å². The van der Waals surface area contributed by atoms with Crippen molar-refractivity contribution in [1.82, 2.24) is 20.9 Å². The number of nitrogens with one attached hydrogen (secondary N) is 4. The van der Waals surface area contributed by atoms with Crippen LogP contribution in [0.25, 0.3) is 10.9 Å². The summed E-state index contributed by atoms with van der Waals surface area (Å²) < 4.78 is 0. The summed E-state index contributed by atoms with van der Waals surface area (Å²) >= 11 is 0. The molecule has 10 heteroatoms. The van der Waals surface area contributed by atoms with Gasteiger partial charge in [0, 0.05) is 29.9 Å². The van der Waals surface area contributed by atoms with Crippen molar-refractivity contribution < 1.29 is 24.3 Å². The molecule has 1 aromatic heterocycles. The molecule has 2 aromatic rings. The summed E-state index contributed by atoms with van der Waals surface area (Å²) in [4.78, 5) is 51.3. The third kappa shape index (κ3) is 5.82. The van der Waals surface area contributed by atoms with Crippen molar-refractivity contribution >= 4 is 34.6 Å². The summed E-state index contributed by atoms with van der Waals surface area (Å²) in [6, 6.07) is 4.92. The predicted molar refractivity (Wildman–Crippen MR) is 113 cm³/mol. The number of carboxylic acids is 1. The molecule has 0 unspecified atom stereocenters. The van der Waals surface area contributed by atoms with Crippen LogP contribution in [-0.2, 0) is 25.6 Å². The van der Waals surface area contributed by atoms with Gasteiger partial charge in [0.1, 0.15) is 12.1 Å². The number of hydrogen-bond donors (Lipinski definition) is 6. The Labute approximate surface area is 178 Å². The van der Waals surface area contributed by atoms with Gasteiger partial charge in [0.25, 0.3) is 0 Å². The highest BCUT2D eigenvalue weighted by Crippen LogP contribution is 2.19. The van der Waals surface area contributed by atoms with Gasteiger partial charge in [-0.3, -0.25) is 14.4 Å². The predicted octanol–water partition coefficient (Wildman–Crippen LogP) is -0.218. The molecule has 31 heavy (non-hydrogen) atoms. The van der Waals surface area contributed by atoms with E-state index in [4.69, 9.17) is 5.73 Å². The molecule has 0 radical (unpaired) electrons. The molecule has 7 N–H and O–H groups in total. The molecule has 1 fully saturated rings. The molecule has 1 saturated heterocycles. The normalized spacial score (nSPS) is 17.7. The minimum Gasteiger partial charge on any atom is -0.480 e. The molecule has 1 aromatic carbocycles. The second-order valence-electron chi connectivity index (χ2n) is 7.68. The number of hydrogen-bond acceptors (Lipinski definition) is 5. The van der Waals surface area contributed by atoms with Gasteiger partial charge < -0.3 is 31.8 Å². The molecule has 3 amide bonds. The second kappa shape index (κ2) is 10.1. The summed E-state index contributed by atoms with van der Waals surface area (Å²) in [5.74, 6) is -2.87. The Bertz CT molecular complexity index is 966. The molecule has 1 aliphatic heterocycles. The number of H-pyrrole nitrogens is 1. The maximum Gasteiger partial charge on any atom is 0.326 e. The van der Waals surface area contributed by atoms with E-state index in [1.54, 1.807) is 6.20 Å². The quantitative estimate of drug-likeness (QED) is 0.305. The van der Waals surface area contributed by atoms with Crippen molar-refractivity contribution in [3.05, 3.63) is 36.0 Å². The van der Waals surface area contributed by atoms with Gasteiger partial charge in [0.05, 0.1) is 6.04 Å².